The fourth-order valence-electron chi connectivity index (χ4n) is 2.45. The number of nitrogens with zero attached hydrogens (tertiary/aromatic N) is 3. The molecule has 0 saturated heterocycles. The molecule has 3 N–H and O–H groups in total. The van der Waals surface area contributed by atoms with Crippen LogP contribution in [-0.2, 0) is 13.0 Å². The highest BCUT2D eigenvalue weighted by atomic mass is 19.1. The van der Waals surface area contributed by atoms with Crippen LogP contribution in [0.4, 0.5) is 4.39 Å². The van der Waals surface area contributed by atoms with Crippen molar-refractivity contribution in [1.82, 2.24) is 19.5 Å². The third-order valence-corrected chi connectivity index (χ3v) is 3.38. The predicted octanol–water partition coefficient (Wildman–Crippen LogP) is 2.16. The highest BCUT2D eigenvalue weighted by Gasteiger charge is 2.17. The van der Waals surface area contributed by atoms with Gasteiger partial charge in [0.1, 0.15) is 11.6 Å². The number of fused-ring (bicyclic) bond motifs is 1. The summed E-state index contributed by atoms with van der Waals surface area (Å²) in [6.45, 7) is 2.70. The van der Waals surface area contributed by atoms with E-state index >= 15 is 0 Å². The molecule has 2 heterocycles. The van der Waals surface area contributed by atoms with Crippen molar-refractivity contribution in [2.45, 2.75) is 25.9 Å². The van der Waals surface area contributed by atoms with E-state index in [0.717, 1.165) is 22.6 Å². The first-order valence-corrected chi connectivity index (χ1v) is 6.57. The van der Waals surface area contributed by atoms with Crippen molar-refractivity contribution in [3.8, 4) is 0 Å². The molecule has 1 atom stereocenters. The van der Waals surface area contributed by atoms with E-state index in [9.17, 15) is 4.39 Å². The molecule has 0 aliphatic heterocycles. The zero-order valence-corrected chi connectivity index (χ0v) is 11.2. The third kappa shape index (κ3) is 2.18. The summed E-state index contributed by atoms with van der Waals surface area (Å²) in [5.41, 5.74) is 8.74. The number of hydrogen-bond acceptors (Lipinski definition) is 3. The Morgan fingerprint density at radius 3 is 3.00 bits per heavy atom. The average Bonchev–Trinajstić information content (AvgIpc) is 3.05. The lowest BCUT2D eigenvalue weighted by Gasteiger charge is -2.12. The smallest absolute Gasteiger partial charge is 0.127 e. The highest BCUT2D eigenvalue weighted by Crippen LogP contribution is 2.22. The second kappa shape index (κ2) is 5.05. The molecule has 104 valence electrons. The maximum absolute atomic E-state index is 13.4. The average molecular weight is 273 g/mol. The summed E-state index contributed by atoms with van der Waals surface area (Å²) in [4.78, 5) is 11.6. The number of aromatic amines is 1. The van der Waals surface area contributed by atoms with Gasteiger partial charge in [0.05, 0.1) is 23.4 Å². The van der Waals surface area contributed by atoms with E-state index in [2.05, 4.69) is 15.0 Å². The van der Waals surface area contributed by atoms with Crippen LogP contribution in [0.1, 0.15) is 24.5 Å². The Balaban J connectivity index is 2.01. The van der Waals surface area contributed by atoms with Crippen molar-refractivity contribution in [1.29, 1.82) is 0 Å². The number of halogens is 1. The molecule has 6 heteroatoms. The molecule has 0 aliphatic carbocycles. The number of aromatic nitrogens is 4. The quantitative estimate of drug-likeness (QED) is 0.765. The summed E-state index contributed by atoms with van der Waals surface area (Å²) in [5, 5.41) is 0. The van der Waals surface area contributed by atoms with Gasteiger partial charge in [0, 0.05) is 24.9 Å². The van der Waals surface area contributed by atoms with Crippen LogP contribution in [0.2, 0.25) is 0 Å². The van der Waals surface area contributed by atoms with Crippen molar-refractivity contribution >= 4 is 11.0 Å². The molecule has 1 unspecified atom stereocenters. The zero-order chi connectivity index (χ0) is 14.1. The van der Waals surface area contributed by atoms with Gasteiger partial charge in [-0.25, -0.2) is 14.4 Å². The standard InChI is InChI=1S/C14H16FN5/c1-2-20-13-5-9(15)3-4-12(13)19-14(20)11(16)6-10-7-17-8-18-10/h3-5,7-8,11H,2,6,16H2,1H3,(H,17,18). The summed E-state index contributed by atoms with van der Waals surface area (Å²) < 4.78 is 15.3. The first-order valence-electron chi connectivity index (χ1n) is 6.57. The maximum atomic E-state index is 13.4. The van der Waals surface area contributed by atoms with Gasteiger partial charge in [0.25, 0.3) is 0 Å². The molecule has 3 rings (SSSR count). The molecule has 2 aromatic heterocycles. The molecule has 3 aromatic rings. The van der Waals surface area contributed by atoms with E-state index in [1.165, 1.54) is 12.1 Å². The van der Waals surface area contributed by atoms with Gasteiger partial charge in [-0.3, -0.25) is 0 Å². The summed E-state index contributed by atoms with van der Waals surface area (Å²) in [7, 11) is 0. The Morgan fingerprint density at radius 2 is 2.30 bits per heavy atom. The largest absolute Gasteiger partial charge is 0.348 e. The fourth-order valence-corrected chi connectivity index (χ4v) is 2.45. The number of imidazole rings is 2. The number of hydrogen-bond donors (Lipinski definition) is 2. The third-order valence-electron chi connectivity index (χ3n) is 3.38. The van der Waals surface area contributed by atoms with Crippen LogP contribution in [0.25, 0.3) is 11.0 Å². The maximum Gasteiger partial charge on any atom is 0.127 e. The minimum absolute atomic E-state index is 0.258. The molecule has 0 amide bonds. The van der Waals surface area contributed by atoms with E-state index in [1.807, 2.05) is 11.5 Å². The Hall–Kier alpha value is -2.21. The Morgan fingerprint density at radius 1 is 1.45 bits per heavy atom. The zero-order valence-electron chi connectivity index (χ0n) is 11.2. The Kier molecular flexibility index (Phi) is 3.23. The fraction of sp³-hybridized carbons (Fsp3) is 0.286. The minimum Gasteiger partial charge on any atom is -0.348 e. The van der Waals surface area contributed by atoms with Crippen LogP contribution >= 0.6 is 0 Å². The first kappa shape index (κ1) is 12.8. The highest BCUT2D eigenvalue weighted by molar-refractivity contribution is 5.76. The molecule has 0 radical (unpaired) electrons. The van der Waals surface area contributed by atoms with Crippen molar-refractivity contribution in [3.05, 3.63) is 48.1 Å². The van der Waals surface area contributed by atoms with Gasteiger partial charge in [0.2, 0.25) is 0 Å². The van der Waals surface area contributed by atoms with Crippen LogP contribution in [0, 0.1) is 5.82 Å². The SMILES string of the molecule is CCn1c(C(N)Cc2cnc[nH]2)nc2ccc(F)cc21. The van der Waals surface area contributed by atoms with Crippen molar-refractivity contribution in [3.63, 3.8) is 0 Å². The Labute approximate surface area is 115 Å². The summed E-state index contributed by atoms with van der Waals surface area (Å²) in [6, 6.07) is 4.34. The lowest BCUT2D eigenvalue weighted by Crippen LogP contribution is -2.19. The molecule has 0 saturated carbocycles. The summed E-state index contributed by atoms with van der Waals surface area (Å²) in [6.07, 6.45) is 3.99. The van der Waals surface area contributed by atoms with Gasteiger partial charge in [0.15, 0.2) is 0 Å². The summed E-state index contributed by atoms with van der Waals surface area (Å²) in [5.74, 6) is 0.503. The molecule has 0 fully saturated rings. The van der Waals surface area contributed by atoms with Crippen LogP contribution in [0.15, 0.2) is 30.7 Å². The molecular weight excluding hydrogens is 257 g/mol. The van der Waals surface area contributed by atoms with E-state index < -0.39 is 0 Å². The van der Waals surface area contributed by atoms with Crippen LogP contribution in [-0.4, -0.2) is 19.5 Å². The molecule has 5 nitrogen and oxygen atoms in total. The molecule has 1 aromatic carbocycles. The number of H-pyrrole nitrogens is 1. The normalized spacial score (nSPS) is 12.9. The topological polar surface area (TPSA) is 72.5 Å². The predicted molar refractivity (Wildman–Crippen MR) is 74.6 cm³/mol. The van der Waals surface area contributed by atoms with E-state index in [0.29, 0.717) is 13.0 Å². The van der Waals surface area contributed by atoms with Crippen molar-refractivity contribution < 1.29 is 4.39 Å². The monoisotopic (exact) mass is 273 g/mol. The molecule has 0 bridgehead atoms. The number of nitrogens with one attached hydrogen (secondary N) is 1. The van der Waals surface area contributed by atoms with Crippen LogP contribution in [0.5, 0.6) is 0 Å². The number of rotatable bonds is 4. The first-order chi connectivity index (χ1) is 9.69. The minimum atomic E-state index is -0.263. The second-order valence-corrected chi connectivity index (χ2v) is 4.73. The molecule has 20 heavy (non-hydrogen) atoms. The molecule has 0 aliphatic rings. The number of nitrogens with two attached hydrogens (primary N) is 1. The van der Waals surface area contributed by atoms with E-state index in [1.54, 1.807) is 18.6 Å². The number of aryl methyl sites for hydroxylation is 1. The van der Waals surface area contributed by atoms with E-state index in [-0.39, 0.29) is 11.9 Å². The van der Waals surface area contributed by atoms with Gasteiger partial charge in [-0.05, 0) is 25.1 Å². The van der Waals surface area contributed by atoms with Gasteiger partial charge >= 0.3 is 0 Å². The van der Waals surface area contributed by atoms with Crippen molar-refractivity contribution in [2.24, 2.45) is 5.73 Å². The van der Waals surface area contributed by atoms with Gasteiger partial charge in [-0.1, -0.05) is 0 Å². The second-order valence-electron chi connectivity index (χ2n) is 4.73. The number of benzene rings is 1. The Bertz CT molecular complexity index is 717. The van der Waals surface area contributed by atoms with Crippen LogP contribution in [0.3, 0.4) is 0 Å². The lowest BCUT2D eigenvalue weighted by molar-refractivity contribution is 0.601. The van der Waals surface area contributed by atoms with Crippen molar-refractivity contribution in [2.75, 3.05) is 0 Å². The van der Waals surface area contributed by atoms with Gasteiger partial charge in [-0.15, -0.1) is 0 Å². The van der Waals surface area contributed by atoms with Gasteiger partial charge < -0.3 is 15.3 Å². The molecular formula is C14H16FN5. The van der Waals surface area contributed by atoms with E-state index in [4.69, 9.17) is 5.73 Å². The molecule has 0 spiro atoms. The van der Waals surface area contributed by atoms with Gasteiger partial charge in [-0.2, -0.15) is 0 Å². The summed E-state index contributed by atoms with van der Waals surface area (Å²) >= 11 is 0. The van der Waals surface area contributed by atoms with Crippen LogP contribution < -0.4 is 5.73 Å². The lowest BCUT2D eigenvalue weighted by atomic mass is 10.1.